The van der Waals surface area contributed by atoms with Crippen molar-refractivity contribution in [2.45, 2.75) is 32.0 Å². The zero-order valence-electron chi connectivity index (χ0n) is 23.4. The van der Waals surface area contributed by atoms with Crippen molar-refractivity contribution in [2.75, 3.05) is 42.5 Å². The summed E-state index contributed by atoms with van der Waals surface area (Å²) in [5.74, 6) is -3.90. The van der Waals surface area contributed by atoms with Crippen LogP contribution in [0.25, 0.3) is 10.9 Å². The maximum Gasteiger partial charge on any atom is 0.341 e. The Morgan fingerprint density at radius 2 is 1.73 bits per heavy atom. The number of hydrogen-bond donors (Lipinski definition) is 1. The second-order valence-electron chi connectivity index (χ2n) is 11.3. The Balaban J connectivity index is 0.997. The summed E-state index contributed by atoms with van der Waals surface area (Å²) in [6.07, 6.45) is 4.89. The van der Waals surface area contributed by atoms with E-state index >= 15 is 4.39 Å². The van der Waals surface area contributed by atoms with Gasteiger partial charge in [-0.2, -0.15) is 0 Å². The van der Waals surface area contributed by atoms with Gasteiger partial charge in [0, 0.05) is 63.1 Å². The van der Waals surface area contributed by atoms with Crippen molar-refractivity contribution in [3.05, 3.63) is 81.4 Å². The molecule has 1 N–H and O–H groups in total. The van der Waals surface area contributed by atoms with Crippen LogP contribution in [0.15, 0.2) is 47.5 Å². The molecule has 2 aromatic carbocycles. The Labute approximate surface area is 248 Å². The number of nitrogens with zero attached hydrogens (tertiary/aromatic N) is 7. The second kappa shape index (κ2) is 10.6. The number of piperazine rings is 1. The number of rotatable bonds is 8. The van der Waals surface area contributed by atoms with E-state index in [0.717, 1.165) is 25.0 Å². The highest BCUT2D eigenvalue weighted by atomic mass is 19.1. The van der Waals surface area contributed by atoms with Crippen LogP contribution in [0, 0.1) is 11.6 Å². The van der Waals surface area contributed by atoms with E-state index < -0.39 is 34.7 Å². The minimum absolute atomic E-state index is 0.0570. The maximum atomic E-state index is 15.3. The molecule has 4 aromatic rings. The van der Waals surface area contributed by atoms with Gasteiger partial charge < -0.3 is 19.5 Å². The topological polar surface area (TPSA) is 134 Å². The van der Waals surface area contributed by atoms with Gasteiger partial charge in [0.1, 0.15) is 17.2 Å². The van der Waals surface area contributed by atoms with Gasteiger partial charge >= 0.3 is 5.97 Å². The summed E-state index contributed by atoms with van der Waals surface area (Å²) in [7, 11) is 0. The molecule has 7 rings (SSSR count). The van der Waals surface area contributed by atoms with Crippen molar-refractivity contribution in [1.82, 2.24) is 24.5 Å². The lowest BCUT2D eigenvalue weighted by atomic mass is 10.1. The molecule has 3 aliphatic rings. The predicted octanol–water partition coefficient (Wildman–Crippen LogP) is 2.46. The molecular weight excluding hydrogens is 576 g/mol. The Kier molecular flexibility index (Phi) is 6.72. The molecular formula is C30H27F2N7O5. The average Bonchev–Trinajstić information content (AvgIpc) is 3.71. The smallest absolute Gasteiger partial charge is 0.341 e. The van der Waals surface area contributed by atoms with E-state index in [2.05, 4.69) is 15.2 Å². The van der Waals surface area contributed by atoms with Crippen LogP contribution in [0.2, 0.25) is 0 Å². The van der Waals surface area contributed by atoms with Crippen molar-refractivity contribution in [3.63, 3.8) is 0 Å². The van der Waals surface area contributed by atoms with Crippen molar-refractivity contribution < 1.29 is 28.3 Å². The number of aromatic carboxylic acids is 1. The Hall–Kier alpha value is -4.98. The first-order valence-corrected chi connectivity index (χ1v) is 14.3. The maximum absolute atomic E-state index is 15.3. The van der Waals surface area contributed by atoms with Crippen LogP contribution in [-0.2, 0) is 17.9 Å². The molecule has 44 heavy (non-hydrogen) atoms. The number of carboxylic acid groups (broad SMARTS) is 1. The number of Topliss-reactive ketones (excluding diaryl/α,β-unsaturated/α-hetero) is 1. The SMILES string of the molecule is O=C1C(=O)N(CCn2cc(CN3CCN(c4cc5c(cc4F)c(=O)c(C(=O)O)cn5C4CC4)CC3)nn2)c2ccc(F)cc21. The number of ketones is 1. The quantitative estimate of drug-likeness (QED) is 0.302. The highest BCUT2D eigenvalue weighted by Gasteiger charge is 2.36. The van der Waals surface area contributed by atoms with Crippen LogP contribution in [-0.4, -0.2) is 80.0 Å². The number of hydrogen-bond acceptors (Lipinski definition) is 8. The van der Waals surface area contributed by atoms with E-state index in [4.69, 9.17) is 0 Å². The molecule has 1 aliphatic carbocycles. The van der Waals surface area contributed by atoms with E-state index in [1.54, 1.807) is 21.5 Å². The molecule has 0 spiro atoms. The molecule has 2 aromatic heterocycles. The number of pyridine rings is 1. The van der Waals surface area contributed by atoms with Gasteiger partial charge in [-0.15, -0.1) is 5.10 Å². The Bertz CT molecular complexity index is 1910. The highest BCUT2D eigenvalue weighted by molar-refractivity contribution is 6.52. The lowest BCUT2D eigenvalue weighted by molar-refractivity contribution is -0.114. The fraction of sp³-hybridized carbons (Fsp3) is 0.333. The van der Waals surface area contributed by atoms with Gasteiger partial charge in [-0.05, 0) is 43.2 Å². The van der Waals surface area contributed by atoms with Gasteiger partial charge in [0.2, 0.25) is 5.43 Å². The fourth-order valence-corrected chi connectivity index (χ4v) is 6.00. The summed E-state index contributed by atoms with van der Waals surface area (Å²) in [6.45, 7) is 3.28. The van der Waals surface area contributed by atoms with Crippen molar-refractivity contribution in [1.29, 1.82) is 0 Å². The molecule has 0 radical (unpaired) electrons. The predicted molar refractivity (Wildman–Crippen MR) is 154 cm³/mol. The third-order valence-electron chi connectivity index (χ3n) is 8.44. The van der Waals surface area contributed by atoms with Gasteiger partial charge in [-0.1, -0.05) is 5.21 Å². The number of fused-ring (bicyclic) bond motifs is 2. The summed E-state index contributed by atoms with van der Waals surface area (Å²) in [4.78, 5) is 54.4. The largest absolute Gasteiger partial charge is 0.477 e. The van der Waals surface area contributed by atoms with Crippen LogP contribution in [0.4, 0.5) is 20.2 Å². The summed E-state index contributed by atoms with van der Waals surface area (Å²) >= 11 is 0. The van der Waals surface area contributed by atoms with E-state index in [1.807, 2.05) is 4.90 Å². The van der Waals surface area contributed by atoms with E-state index in [1.165, 1.54) is 23.2 Å². The van der Waals surface area contributed by atoms with E-state index in [9.17, 15) is 28.7 Å². The molecule has 12 nitrogen and oxygen atoms in total. The van der Waals surface area contributed by atoms with Gasteiger partial charge in [0.25, 0.3) is 11.7 Å². The summed E-state index contributed by atoms with van der Waals surface area (Å²) in [5.41, 5.74) is 1.01. The zero-order chi connectivity index (χ0) is 30.7. The van der Waals surface area contributed by atoms with Gasteiger partial charge in [-0.25, -0.2) is 13.6 Å². The molecule has 0 atom stereocenters. The van der Waals surface area contributed by atoms with E-state index in [-0.39, 0.29) is 35.6 Å². The minimum Gasteiger partial charge on any atom is -0.477 e. The number of carbonyl (C=O) groups is 3. The van der Waals surface area contributed by atoms with Crippen LogP contribution in [0.5, 0.6) is 0 Å². The molecule has 1 saturated heterocycles. The minimum atomic E-state index is -1.33. The van der Waals surface area contributed by atoms with E-state index in [0.29, 0.717) is 55.3 Å². The molecule has 0 bridgehead atoms. The summed E-state index contributed by atoms with van der Waals surface area (Å²) in [5, 5.41) is 17.9. The first-order valence-electron chi connectivity index (χ1n) is 14.3. The van der Waals surface area contributed by atoms with Gasteiger partial charge in [0.15, 0.2) is 0 Å². The monoisotopic (exact) mass is 603 g/mol. The third-order valence-corrected chi connectivity index (χ3v) is 8.44. The van der Waals surface area contributed by atoms with Crippen molar-refractivity contribution >= 4 is 39.9 Å². The van der Waals surface area contributed by atoms with Crippen molar-refractivity contribution in [2.24, 2.45) is 0 Å². The molecule has 1 amide bonds. The molecule has 1 saturated carbocycles. The van der Waals surface area contributed by atoms with Crippen LogP contribution < -0.4 is 15.2 Å². The lowest BCUT2D eigenvalue weighted by Crippen LogP contribution is -2.46. The molecule has 14 heteroatoms. The summed E-state index contributed by atoms with van der Waals surface area (Å²) in [6, 6.07) is 6.61. The highest BCUT2D eigenvalue weighted by Crippen LogP contribution is 2.38. The number of carboxylic acids is 1. The first kappa shape index (κ1) is 27.8. The van der Waals surface area contributed by atoms with Gasteiger partial charge in [-0.3, -0.25) is 24.0 Å². The number of amides is 1. The molecule has 0 unspecified atom stereocenters. The standard InChI is InChI=1S/C30H27F2N7O5/c31-17-1-4-24-20(11-17)28(41)29(42)38(24)10-9-37-15-18(33-34-37)14-35-5-7-36(8-6-35)26-13-25-21(12-23(26)32)27(40)22(30(43)44)16-39(25)19-2-3-19/h1,4,11-13,15-16,19H,2-3,5-10,14H2,(H,43,44). The first-order chi connectivity index (χ1) is 21.2. The molecule has 2 aliphatic heterocycles. The Morgan fingerprint density at radius 3 is 2.45 bits per heavy atom. The number of halogens is 2. The van der Waals surface area contributed by atoms with Crippen LogP contribution in [0.1, 0.15) is 45.3 Å². The van der Waals surface area contributed by atoms with Crippen LogP contribution in [0.3, 0.4) is 0 Å². The van der Waals surface area contributed by atoms with Crippen molar-refractivity contribution in [3.8, 4) is 0 Å². The fourth-order valence-electron chi connectivity index (χ4n) is 6.00. The Morgan fingerprint density at radius 1 is 0.955 bits per heavy atom. The lowest BCUT2D eigenvalue weighted by Gasteiger charge is -2.36. The van der Waals surface area contributed by atoms with Crippen LogP contribution >= 0.6 is 0 Å². The molecule has 4 heterocycles. The zero-order valence-corrected chi connectivity index (χ0v) is 23.4. The third kappa shape index (κ3) is 4.90. The average molecular weight is 604 g/mol. The molecule has 2 fully saturated rings. The number of anilines is 2. The normalized spacial score (nSPS) is 17.1. The number of aromatic nitrogens is 4. The molecule has 226 valence electrons. The summed E-state index contributed by atoms with van der Waals surface area (Å²) < 4.78 is 32.2. The number of benzene rings is 2. The second-order valence-corrected chi connectivity index (χ2v) is 11.3. The number of carbonyl (C=O) groups excluding carboxylic acids is 2. The van der Waals surface area contributed by atoms with Gasteiger partial charge in [0.05, 0.1) is 34.7 Å².